The van der Waals surface area contributed by atoms with Crippen LogP contribution in [0.1, 0.15) is 35.4 Å². The van der Waals surface area contributed by atoms with Crippen molar-refractivity contribution in [2.45, 2.75) is 40.0 Å². The molecule has 0 unspecified atom stereocenters. The van der Waals surface area contributed by atoms with E-state index in [0.717, 1.165) is 27.9 Å². The Balaban J connectivity index is 1.40. The zero-order valence-corrected chi connectivity index (χ0v) is 17.5. The van der Waals surface area contributed by atoms with Gasteiger partial charge in [-0.25, -0.2) is 0 Å². The molecule has 0 spiro atoms. The zero-order valence-electron chi connectivity index (χ0n) is 17.5. The SMILES string of the molecule is Cc1cc(C)c(NC(=O)CNC(=O)CCCc2nc(-c3ccccc3)no2)c(C)c1. The number of amides is 2. The zero-order chi connectivity index (χ0) is 21.5. The first kappa shape index (κ1) is 21.2. The molecule has 156 valence electrons. The summed E-state index contributed by atoms with van der Waals surface area (Å²) >= 11 is 0. The van der Waals surface area contributed by atoms with Gasteiger partial charge in [0.2, 0.25) is 23.5 Å². The first-order chi connectivity index (χ1) is 14.4. The van der Waals surface area contributed by atoms with E-state index in [1.54, 1.807) is 0 Å². The quantitative estimate of drug-likeness (QED) is 0.594. The lowest BCUT2D eigenvalue weighted by Gasteiger charge is -2.13. The monoisotopic (exact) mass is 406 g/mol. The molecule has 1 aromatic heterocycles. The topological polar surface area (TPSA) is 97.1 Å². The summed E-state index contributed by atoms with van der Waals surface area (Å²) in [5.41, 5.74) is 4.83. The number of carbonyl (C=O) groups excluding carboxylic acids is 2. The number of aryl methyl sites for hydroxylation is 4. The van der Waals surface area contributed by atoms with Crippen LogP contribution < -0.4 is 10.6 Å². The summed E-state index contributed by atoms with van der Waals surface area (Å²) in [6, 6.07) is 13.6. The van der Waals surface area contributed by atoms with Crippen molar-refractivity contribution in [2.75, 3.05) is 11.9 Å². The Labute approximate surface area is 175 Å². The summed E-state index contributed by atoms with van der Waals surface area (Å²) in [5, 5.41) is 9.49. The van der Waals surface area contributed by atoms with Crippen LogP contribution in [0.15, 0.2) is 47.0 Å². The summed E-state index contributed by atoms with van der Waals surface area (Å²) in [6.45, 7) is 5.86. The molecule has 0 atom stereocenters. The van der Waals surface area contributed by atoms with Crippen LogP contribution in [0.2, 0.25) is 0 Å². The molecule has 3 rings (SSSR count). The standard InChI is InChI=1S/C23H26N4O3/c1-15-12-16(2)22(17(3)13-15)25-20(29)14-24-19(28)10-7-11-21-26-23(27-30-21)18-8-5-4-6-9-18/h4-6,8-9,12-13H,7,10-11,14H2,1-3H3,(H,24,28)(H,25,29). The number of rotatable bonds is 8. The molecule has 2 amide bonds. The Bertz CT molecular complexity index is 1000. The van der Waals surface area contributed by atoms with Gasteiger partial charge in [-0.2, -0.15) is 4.98 Å². The first-order valence-electron chi connectivity index (χ1n) is 9.95. The van der Waals surface area contributed by atoms with E-state index in [-0.39, 0.29) is 24.8 Å². The van der Waals surface area contributed by atoms with Crippen LogP contribution in [0.3, 0.4) is 0 Å². The molecule has 30 heavy (non-hydrogen) atoms. The van der Waals surface area contributed by atoms with Gasteiger partial charge in [-0.05, 0) is 38.3 Å². The minimum absolute atomic E-state index is 0.0652. The second-order valence-corrected chi connectivity index (χ2v) is 7.33. The third-order valence-corrected chi connectivity index (χ3v) is 4.68. The molecule has 3 aromatic rings. The fourth-order valence-corrected chi connectivity index (χ4v) is 3.29. The normalized spacial score (nSPS) is 10.6. The third-order valence-electron chi connectivity index (χ3n) is 4.68. The molecule has 0 bridgehead atoms. The molecule has 2 aromatic carbocycles. The second-order valence-electron chi connectivity index (χ2n) is 7.33. The molecule has 0 aliphatic rings. The first-order valence-corrected chi connectivity index (χ1v) is 9.95. The van der Waals surface area contributed by atoms with Gasteiger partial charge in [0.15, 0.2) is 0 Å². The summed E-state index contributed by atoms with van der Waals surface area (Å²) in [5.74, 6) is 0.589. The summed E-state index contributed by atoms with van der Waals surface area (Å²) in [7, 11) is 0. The highest BCUT2D eigenvalue weighted by Gasteiger charge is 2.11. The van der Waals surface area contributed by atoms with Crippen molar-refractivity contribution in [1.82, 2.24) is 15.5 Å². The van der Waals surface area contributed by atoms with E-state index in [0.29, 0.717) is 24.6 Å². The van der Waals surface area contributed by atoms with E-state index in [1.807, 2.05) is 63.2 Å². The van der Waals surface area contributed by atoms with E-state index < -0.39 is 0 Å². The van der Waals surface area contributed by atoms with E-state index in [2.05, 4.69) is 20.8 Å². The van der Waals surface area contributed by atoms with Crippen molar-refractivity contribution in [3.63, 3.8) is 0 Å². The van der Waals surface area contributed by atoms with Gasteiger partial charge in [-0.3, -0.25) is 9.59 Å². The van der Waals surface area contributed by atoms with Crippen molar-refractivity contribution in [1.29, 1.82) is 0 Å². The summed E-state index contributed by atoms with van der Waals surface area (Å²) < 4.78 is 5.24. The Morgan fingerprint density at radius 3 is 2.40 bits per heavy atom. The van der Waals surface area contributed by atoms with Gasteiger partial charge in [0.05, 0.1) is 6.54 Å². The number of aromatic nitrogens is 2. The molecule has 7 nitrogen and oxygen atoms in total. The lowest BCUT2D eigenvalue weighted by molar-refractivity contribution is -0.124. The van der Waals surface area contributed by atoms with Gasteiger partial charge in [0.1, 0.15) is 0 Å². The van der Waals surface area contributed by atoms with Crippen molar-refractivity contribution in [2.24, 2.45) is 0 Å². The molecule has 2 N–H and O–H groups in total. The molecular formula is C23H26N4O3. The van der Waals surface area contributed by atoms with Crippen LogP contribution in [-0.2, 0) is 16.0 Å². The molecule has 0 radical (unpaired) electrons. The average molecular weight is 406 g/mol. The summed E-state index contributed by atoms with van der Waals surface area (Å²) in [6.07, 6.45) is 1.33. The van der Waals surface area contributed by atoms with Crippen LogP contribution in [0.25, 0.3) is 11.4 Å². The van der Waals surface area contributed by atoms with Crippen LogP contribution in [-0.4, -0.2) is 28.5 Å². The number of benzene rings is 2. The molecule has 0 fully saturated rings. The van der Waals surface area contributed by atoms with E-state index in [1.165, 1.54) is 0 Å². The molecule has 0 saturated carbocycles. The molecular weight excluding hydrogens is 380 g/mol. The van der Waals surface area contributed by atoms with Gasteiger partial charge in [-0.1, -0.05) is 53.2 Å². The maximum atomic E-state index is 12.2. The lowest BCUT2D eigenvalue weighted by Crippen LogP contribution is -2.33. The highest BCUT2D eigenvalue weighted by Crippen LogP contribution is 2.21. The van der Waals surface area contributed by atoms with Crippen LogP contribution >= 0.6 is 0 Å². The number of carbonyl (C=O) groups is 2. The third kappa shape index (κ3) is 5.76. The highest BCUT2D eigenvalue weighted by atomic mass is 16.5. The number of hydrogen-bond acceptors (Lipinski definition) is 5. The maximum absolute atomic E-state index is 12.2. The number of hydrogen-bond donors (Lipinski definition) is 2. The van der Waals surface area contributed by atoms with Crippen molar-refractivity contribution >= 4 is 17.5 Å². The number of anilines is 1. The van der Waals surface area contributed by atoms with Gasteiger partial charge in [-0.15, -0.1) is 0 Å². The largest absolute Gasteiger partial charge is 0.347 e. The Morgan fingerprint density at radius 2 is 1.70 bits per heavy atom. The number of nitrogens with one attached hydrogen (secondary N) is 2. The van der Waals surface area contributed by atoms with E-state index in [4.69, 9.17) is 4.52 Å². The fourth-order valence-electron chi connectivity index (χ4n) is 3.29. The minimum atomic E-state index is -0.247. The van der Waals surface area contributed by atoms with Crippen molar-refractivity contribution in [3.8, 4) is 11.4 Å². The Kier molecular flexibility index (Phi) is 6.95. The lowest BCUT2D eigenvalue weighted by atomic mass is 10.1. The highest BCUT2D eigenvalue weighted by molar-refractivity contribution is 5.95. The fraction of sp³-hybridized carbons (Fsp3) is 0.304. The predicted octanol–water partition coefficient (Wildman–Crippen LogP) is 3.74. The van der Waals surface area contributed by atoms with E-state index >= 15 is 0 Å². The van der Waals surface area contributed by atoms with Crippen molar-refractivity contribution < 1.29 is 14.1 Å². The molecule has 7 heteroatoms. The smallest absolute Gasteiger partial charge is 0.243 e. The minimum Gasteiger partial charge on any atom is -0.347 e. The van der Waals surface area contributed by atoms with Crippen molar-refractivity contribution in [3.05, 3.63) is 65.0 Å². The predicted molar refractivity (Wildman–Crippen MR) is 115 cm³/mol. The van der Waals surface area contributed by atoms with Crippen LogP contribution in [0.5, 0.6) is 0 Å². The van der Waals surface area contributed by atoms with Gasteiger partial charge < -0.3 is 15.2 Å². The Hall–Kier alpha value is -3.48. The van der Waals surface area contributed by atoms with Gasteiger partial charge >= 0.3 is 0 Å². The maximum Gasteiger partial charge on any atom is 0.243 e. The Morgan fingerprint density at radius 1 is 1.00 bits per heavy atom. The average Bonchev–Trinajstić information content (AvgIpc) is 3.19. The number of nitrogens with zero attached hydrogens (tertiary/aromatic N) is 2. The van der Waals surface area contributed by atoms with Gasteiger partial charge in [0, 0.05) is 24.1 Å². The van der Waals surface area contributed by atoms with Crippen LogP contribution in [0.4, 0.5) is 5.69 Å². The second kappa shape index (κ2) is 9.82. The molecule has 0 aliphatic carbocycles. The van der Waals surface area contributed by atoms with Crippen LogP contribution in [0, 0.1) is 20.8 Å². The summed E-state index contributed by atoms with van der Waals surface area (Å²) in [4.78, 5) is 28.6. The van der Waals surface area contributed by atoms with E-state index in [9.17, 15) is 9.59 Å². The van der Waals surface area contributed by atoms with Gasteiger partial charge in [0.25, 0.3) is 0 Å². The molecule has 0 aliphatic heterocycles. The molecule has 0 saturated heterocycles. The molecule has 1 heterocycles.